The number of rotatable bonds is 3. The van der Waals surface area contributed by atoms with Crippen LogP contribution in [0.3, 0.4) is 0 Å². The van der Waals surface area contributed by atoms with Gasteiger partial charge in [0, 0.05) is 28.5 Å². The van der Waals surface area contributed by atoms with Gasteiger partial charge in [0.1, 0.15) is 6.54 Å². The molecule has 4 heteroatoms. The van der Waals surface area contributed by atoms with Crippen LogP contribution in [0.4, 0.5) is 11.4 Å². The summed E-state index contributed by atoms with van der Waals surface area (Å²) in [6.45, 7) is 2.34. The summed E-state index contributed by atoms with van der Waals surface area (Å²) in [6.07, 6.45) is 2.01. The first kappa shape index (κ1) is 13.2. The molecule has 1 amide bonds. The van der Waals surface area contributed by atoms with Crippen molar-refractivity contribution in [1.29, 1.82) is 0 Å². The van der Waals surface area contributed by atoms with E-state index in [0.717, 1.165) is 11.2 Å². The van der Waals surface area contributed by atoms with Crippen LogP contribution in [0.15, 0.2) is 54.7 Å². The Morgan fingerprint density at radius 1 is 1.14 bits per heavy atom. The van der Waals surface area contributed by atoms with Gasteiger partial charge in [-0.2, -0.15) is 0 Å². The van der Waals surface area contributed by atoms with Crippen molar-refractivity contribution in [3.05, 3.63) is 60.3 Å². The fraction of sp³-hybridized carbons (Fsp3) is 0.118. The van der Waals surface area contributed by atoms with Crippen molar-refractivity contribution in [2.24, 2.45) is 0 Å². The number of fused-ring (bicyclic) bond motifs is 1. The Labute approximate surface area is 123 Å². The number of carbonyl (C=O) groups excluding carboxylic acids is 1. The zero-order chi connectivity index (χ0) is 14.8. The van der Waals surface area contributed by atoms with Crippen molar-refractivity contribution in [3.63, 3.8) is 0 Å². The highest BCUT2D eigenvalue weighted by atomic mass is 16.1. The minimum atomic E-state index is -0.0551. The van der Waals surface area contributed by atoms with Gasteiger partial charge in [0.2, 0.25) is 5.91 Å². The first-order valence-electron chi connectivity index (χ1n) is 6.83. The third-order valence-electron chi connectivity index (χ3n) is 3.50. The van der Waals surface area contributed by atoms with E-state index in [1.54, 1.807) is 24.3 Å². The lowest BCUT2D eigenvalue weighted by atomic mass is 10.2. The Hall–Kier alpha value is -2.75. The number of anilines is 2. The number of benzene rings is 2. The van der Waals surface area contributed by atoms with Gasteiger partial charge < -0.3 is 15.6 Å². The van der Waals surface area contributed by atoms with Gasteiger partial charge in [0.05, 0.1) is 0 Å². The molecule has 3 N–H and O–H groups in total. The Morgan fingerprint density at radius 2 is 1.86 bits per heavy atom. The van der Waals surface area contributed by atoms with E-state index in [-0.39, 0.29) is 5.91 Å². The normalized spacial score (nSPS) is 10.7. The monoisotopic (exact) mass is 279 g/mol. The second kappa shape index (κ2) is 5.32. The maximum absolute atomic E-state index is 12.2. The fourth-order valence-electron chi connectivity index (χ4n) is 2.48. The van der Waals surface area contributed by atoms with Gasteiger partial charge in [-0.05, 0) is 42.8 Å². The summed E-state index contributed by atoms with van der Waals surface area (Å²) < 4.78 is 1.97. The quantitative estimate of drug-likeness (QED) is 0.723. The average molecular weight is 279 g/mol. The van der Waals surface area contributed by atoms with Crippen LogP contribution in [-0.2, 0) is 11.3 Å². The minimum Gasteiger partial charge on any atom is -0.399 e. The van der Waals surface area contributed by atoms with Crippen molar-refractivity contribution < 1.29 is 4.79 Å². The molecule has 1 heterocycles. The molecule has 0 spiro atoms. The molecule has 2 aromatic carbocycles. The third-order valence-corrected chi connectivity index (χ3v) is 3.50. The zero-order valence-corrected chi connectivity index (χ0v) is 11.8. The lowest BCUT2D eigenvalue weighted by Crippen LogP contribution is -2.18. The highest BCUT2D eigenvalue weighted by Gasteiger charge is 2.08. The van der Waals surface area contributed by atoms with Crippen LogP contribution in [0, 0.1) is 6.92 Å². The maximum Gasteiger partial charge on any atom is 0.244 e. The van der Waals surface area contributed by atoms with Gasteiger partial charge in [-0.1, -0.05) is 18.2 Å². The topological polar surface area (TPSA) is 60.0 Å². The minimum absolute atomic E-state index is 0.0551. The van der Waals surface area contributed by atoms with Crippen LogP contribution in [-0.4, -0.2) is 10.5 Å². The summed E-state index contributed by atoms with van der Waals surface area (Å²) in [4.78, 5) is 12.2. The molecular formula is C17H17N3O. The highest BCUT2D eigenvalue weighted by Crippen LogP contribution is 2.20. The molecule has 0 aliphatic heterocycles. The van der Waals surface area contributed by atoms with Crippen molar-refractivity contribution in [2.75, 3.05) is 11.1 Å². The molecule has 3 rings (SSSR count). The number of aryl methyl sites for hydroxylation is 1. The van der Waals surface area contributed by atoms with E-state index >= 15 is 0 Å². The molecule has 0 radical (unpaired) electrons. The van der Waals surface area contributed by atoms with Crippen LogP contribution >= 0.6 is 0 Å². The first-order chi connectivity index (χ1) is 10.1. The number of nitrogen functional groups attached to an aromatic ring is 1. The summed E-state index contributed by atoms with van der Waals surface area (Å²) in [6, 6.07) is 15.2. The van der Waals surface area contributed by atoms with Gasteiger partial charge in [-0.15, -0.1) is 0 Å². The third kappa shape index (κ3) is 2.74. The number of nitrogens with one attached hydrogen (secondary N) is 1. The molecule has 0 atom stereocenters. The Bertz CT molecular complexity index is 787. The molecular weight excluding hydrogens is 262 g/mol. The lowest BCUT2D eigenvalue weighted by molar-refractivity contribution is -0.116. The predicted molar refractivity (Wildman–Crippen MR) is 86.2 cm³/mol. The Morgan fingerprint density at radius 3 is 2.62 bits per heavy atom. The van der Waals surface area contributed by atoms with Crippen LogP contribution in [0.5, 0.6) is 0 Å². The van der Waals surface area contributed by atoms with Crippen LogP contribution in [0.1, 0.15) is 5.56 Å². The number of nitrogens with zero attached hydrogens (tertiary/aromatic N) is 1. The molecule has 106 valence electrons. The molecule has 0 bridgehead atoms. The molecule has 0 unspecified atom stereocenters. The van der Waals surface area contributed by atoms with E-state index in [0.29, 0.717) is 12.2 Å². The van der Waals surface area contributed by atoms with Crippen molar-refractivity contribution in [2.45, 2.75) is 13.5 Å². The largest absolute Gasteiger partial charge is 0.399 e. The van der Waals surface area contributed by atoms with E-state index in [9.17, 15) is 4.79 Å². The standard InChI is InChI=1S/C17H17N3O/c1-12-10-20(16-5-3-2-4-15(12)16)11-17(21)19-14-8-6-13(18)7-9-14/h2-10H,11,18H2,1H3,(H,19,21). The Balaban J connectivity index is 1.79. The molecule has 3 aromatic rings. The summed E-state index contributed by atoms with van der Waals surface area (Å²) in [5.41, 5.74) is 9.31. The van der Waals surface area contributed by atoms with E-state index in [1.807, 2.05) is 29.0 Å². The van der Waals surface area contributed by atoms with Crippen molar-refractivity contribution >= 4 is 28.2 Å². The molecule has 4 nitrogen and oxygen atoms in total. The van der Waals surface area contributed by atoms with Crippen molar-refractivity contribution in [3.8, 4) is 0 Å². The summed E-state index contributed by atoms with van der Waals surface area (Å²) in [5.74, 6) is -0.0551. The first-order valence-corrected chi connectivity index (χ1v) is 6.83. The maximum atomic E-state index is 12.2. The van der Waals surface area contributed by atoms with Gasteiger partial charge in [-0.25, -0.2) is 0 Å². The summed E-state index contributed by atoms with van der Waals surface area (Å²) in [5, 5.41) is 4.05. The second-order valence-corrected chi connectivity index (χ2v) is 5.13. The Kier molecular flexibility index (Phi) is 3.36. The number of hydrogen-bond donors (Lipinski definition) is 2. The van der Waals surface area contributed by atoms with Gasteiger partial charge in [0.15, 0.2) is 0 Å². The molecule has 1 aromatic heterocycles. The number of carbonyl (C=O) groups is 1. The SMILES string of the molecule is Cc1cn(CC(=O)Nc2ccc(N)cc2)c2ccccc12. The molecule has 0 aliphatic carbocycles. The highest BCUT2D eigenvalue weighted by molar-refractivity contribution is 5.92. The molecule has 0 saturated carbocycles. The molecule has 21 heavy (non-hydrogen) atoms. The number of para-hydroxylation sites is 1. The predicted octanol–water partition coefficient (Wildman–Crippen LogP) is 3.17. The van der Waals surface area contributed by atoms with Crippen LogP contribution < -0.4 is 11.1 Å². The van der Waals surface area contributed by atoms with E-state index in [4.69, 9.17) is 5.73 Å². The molecule has 0 fully saturated rings. The van der Waals surface area contributed by atoms with E-state index in [1.165, 1.54) is 10.9 Å². The zero-order valence-electron chi connectivity index (χ0n) is 11.8. The van der Waals surface area contributed by atoms with E-state index < -0.39 is 0 Å². The van der Waals surface area contributed by atoms with Crippen LogP contribution in [0.2, 0.25) is 0 Å². The van der Waals surface area contributed by atoms with Gasteiger partial charge in [0.25, 0.3) is 0 Å². The fourth-order valence-corrected chi connectivity index (χ4v) is 2.48. The van der Waals surface area contributed by atoms with Gasteiger partial charge in [-0.3, -0.25) is 4.79 Å². The smallest absolute Gasteiger partial charge is 0.244 e. The lowest BCUT2D eigenvalue weighted by Gasteiger charge is -2.07. The van der Waals surface area contributed by atoms with Crippen LogP contribution in [0.25, 0.3) is 10.9 Å². The second-order valence-electron chi connectivity index (χ2n) is 5.13. The number of amides is 1. The van der Waals surface area contributed by atoms with Gasteiger partial charge >= 0.3 is 0 Å². The van der Waals surface area contributed by atoms with Crippen molar-refractivity contribution in [1.82, 2.24) is 4.57 Å². The number of aromatic nitrogens is 1. The average Bonchev–Trinajstić information content (AvgIpc) is 2.78. The summed E-state index contributed by atoms with van der Waals surface area (Å²) in [7, 11) is 0. The number of hydrogen-bond acceptors (Lipinski definition) is 2. The molecule has 0 aliphatic rings. The number of nitrogens with two attached hydrogens (primary N) is 1. The molecule has 0 saturated heterocycles. The van der Waals surface area contributed by atoms with E-state index in [2.05, 4.69) is 18.3 Å². The summed E-state index contributed by atoms with van der Waals surface area (Å²) >= 11 is 0.